The van der Waals surface area contributed by atoms with E-state index in [2.05, 4.69) is 165 Å². The predicted molar refractivity (Wildman–Crippen MR) is 218 cm³/mol. The van der Waals surface area contributed by atoms with Crippen molar-refractivity contribution in [2.75, 3.05) is 0 Å². The number of hydrogen-bond donors (Lipinski definition) is 0. The van der Waals surface area contributed by atoms with Crippen LogP contribution in [0.4, 0.5) is 0 Å². The quantitative estimate of drug-likeness (QED) is 0.123. The molecule has 0 bridgehead atoms. The van der Waals surface area contributed by atoms with E-state index in [0.29, 0.717) is 5.92 Å². The molecule has 0 atom stereocenters. The molecule has 0 saturated heterocycles. The molecule has 3 aromatic heterocycles. The summed E-state index contributed by atoms with van der Waals surface area (Å²) in [6.45, 7) is 11.4. The Morgan fingerprint density at radius 2 is 1.37 bits per heavy atom. The molecule has 5 heteroatoms. The van der Waals surface area contributed by atoms with Crippen LogP contribution in [0.3, 0.4) is 0 Å². The van der Waals surface area contributed by atoms with Crippen molar-refractivity contribution in [1.29, 1.82) is 0 Å². The third-order valence-corrected chi connectivity index (χ3v) is 12.3. The van der Waals surface area contributed by atoms with Crippen LogP contribution in [-0.4, -0.2) is 18.0 Å². The maximum atomic E-state index is 4.62. The Kier molecular flexibility index (Phi) is 11.2. The summed E-state index contributed by atoms with van der Waals surface area (Å²) in [5.41, 5.74) is 10.4. The fourth-order valence-electron chi connectivity index (χ4n) is 6.09. The summed E-state index contributed by atoms with van der Waals surface area (Å²) in [5, 5.41) is 3.94. The Bertz CT molecular complexity index is 2360. The van der Waals surface area contributed by atoms with E-state index in [1.54, 1.807) is 0 Å². The average molecular weight is 873 g/mol. The van der Waals surface area contributed by atoms with Crippen LogP contribution in [0.2, 0.25) is 19.6 Å². The van der Waals surface area contributed by atoms with Gasteiger partial charge < -0.3 is 9.97 Å². The minimum absolute atomic E-state index is 0. The maximum Gasteiger partial charge on any atom is 0.0795 e. The number of hydrogen-bond acceptors (Lipinski definition) is 3. The molecule has 0 unspecified atom stereocenters. The molecular formula is C46H40IrN2SSi-2. The van der Waals surface area contributed by atoms with Gasteiger partial charge >= 0.3 is 0 Å². The Morgan fingerprint density at radius 3 is 2.06 bits per heavy atom. The first-order chi connectivity index (χ1) is 24.2. The summed E-state index contributed by atoms with van der Waals surface area (Å²) in [6, 6.07) is 53.7. The van der Waals surface area contributed by atoms with Gasteiger partial charge in [-0.05, 0) is 60.9 Å². The first kappa shape index (κ1) is 36.3. The largest absolute Gasteiger partial charge is 0.305 e. The van der Waals surface area contributed by atoms with E-state index in [9.17, 15) is 0 Å². The van der Waals surface area contributed by atoms with Crippen LogP contribution in [0.1, 0.15) is 25.3 Å². The third kappa shape index (κ3) is 8.19. The van der Waals surface area contributed by atoms with Crippen LogP contribution in [0.15, 0.2) is 146 Å². The zero-order valence-electron chi connectivity index (χ0n) is 29.6. The second kappa shape index (κ2) is 15.8. The molecule has 0 aliphatic rings. The van der Waals surface area contributed by atoms with Crippen LogP contribution in [0.25, 0.3) is 64.9 Å². The van der Waals surface area contributed by atoms with E-state index in [1.807, 2.05) is 48.0 Å². The van der Waals surface area contributed by atoms with Crippen molar-refractivity contribution < 1.29 is 20.1 Å². The van der Waals surface area contributed by atoms with Crippen LogP contribution < -0.4 is 5.19 Å². The van der Waals surface area contributed by atoms with Gasteiger partial charge in [-0.2, -0.15) is 11.3 Å². The molecule has 0 amide bonds. The van der Waals surface area contributed by atoms with Crippen molar-refractivity contribution in [2.45, 2.75) is 39.4 Å². The van der Waals surface area contributed by atoms with E-state index in [-0.39, 0.29) is 20.1 Å². The molecule has 0 aliphatic carbocycles. The topological polar surface area (TPSA) is 25.8 Å². The molecule has 8 aromatic rings. The van der Waals surface area contributed by atoms with Gasteiger partial charge in [0.05, 0.1) is 8.07 Å². The first-order valence-electron chi connectivity index (χ1n) is 17.2. The number of fused-ring (bicyclic) bond motifs is 3. The molecule has 5 aromatic carbocycles. The maximum absolute atomic E-state index is 4.62. The number of pyridine rings is 2. The minimum atomic E-state index is -1.23. The van der Waals surface area contributed by atoms with Gasteiger partial charge in [0.1, 0.15) is 0 Å². The summed E-state index contributed by atoms with van der Waals surface area (Å²) in [7, 11) is -1.23. The number of aromatic nitrogens is 2. The van der Waals surface area contributed by atoms with Crippen LogP contribution in [0.5, 0.6) is 0 Å². The SMILES string of the molecule is CC(C)c1ccnc(-c2[c-]cc3c(c2)sc2c(-c4ccc(-c5ccccc5)cc4)cccc23)c1.C[Si](C)(C)c1ccc(-c2[c-]cccc2)nc1.[Ir]. The molecule has 0 aliphatic heterocycles. The summed E-state index contributed by atoms with van der Waals surface area (Å²) in [5.74, 6) is 0.477. The van der Waals surface area contributed by atoms with Crippen LogP contribution >= 0.6 is 11.3 Å². The van der Waals surface area contributed by atoms with Gasteiger partial charge in [-0.25, -0.2) is 0 Å². The van der Waals surface area contributed by atoms with E-state index in [4.69, 9.17) is 0 Å². The minimum Gasteiger partial charge on any atom is -0.305 e. The van der Waals surface area contributed by atoms with Gasteiger partial charge in [0.25, 0.3) is 0 Å². The van der Waals surface area contributed by atoms with Gasteiger partial charge in [0.15, 0.2) is 0 Å². The third-order valence-electron chi connectivity index (χ3n) is 9.07. The molecular weight excluding hydrogens is 833 g/mol. The van der Waals surface area contributed by atoms with Gasteiger partial charge in [-0.1, -0.05) is 135 Å². The average Bonchev–Trinajstić information content (AvgIpc) is 3.54. The van der Waals surface area contributed by atoms with Crippen molar-refractivity contribution in [2.24, 2.45) is 0 Å². The Labute approximate surface area is 320 Å². The fourth-order valence-corrected chi connectivity index (χ4v) is 8.38. The first-order valence-corrected chi connectivity index (χ1v) is 21.5. The molecule has 0 fully saturated rings. The number of thiophene rings is 1. The molecule has 51 heavy (non-hydrogen) atoms. The molecule has 3 heterocycles. The number of benzene rings is 5. The second-order valence-electron chi connectivity index (χ2n) is 13.9. The fraction of sp³-hybridized carbons (Fsp3) is 0.130. The molecule has 0 saturated carbocycles. The standard InChI is InChI=1S/C32H24NS.C14H16NSi.Ir/c1-21(2)25-17-18-33-30(19-25)26-15-16-28-29-10-6-9-27(32(29)34-31(28)20-26)24-13-11-23(12-14-24)22-7-4-3-5-8-22;1-16(2,3)13-9-10-14(15-11-13)12-7-5-4-6-8-12;/h3-14,16-21H,1-2H3;4-7,9-11H,1-3H3;/q2*-1;. The molecule has 0 N–H and O–H groups in total. The molecule has 255 valence electrons. The number of nitrogens with zero attached hydrogens (tertiary/aromatic N) is 2. The van der Waals surface area contributed by atoms with Crippen molar-refractivity contribution in [3.8, 4) is 44.8 Å². The molecule has 0 spiro atoms. The van der Waals surface area contributed by atoms with Gasteiger partial charge in [-0.3, -0.25) is 0 Å². The van der Waals surface area contributed by atoms with Crippen LogP contribution in [-0.2, 0) is 20.1 Å². The molecule has 1 radical (unpaired) electrons. The second-order valence-corrected chi connectivity index (χ2v) is 20.1. The zero-order chi connectivity index (χ0) is 34.7. The smallest absolute Gasteiger partial charge is 0.0795 e. The van der Waals surface area contributed by atoms with E-state index < -0.39 is 8.07 Å². The zero-order valence-corrected chi connectivity index (χ0v) is 33.8. The Balaban J connectivity index is 0.000000222. The Morgan fingerprint density at radius 1 is 0.627 bits per heavy atom. The summed E-state index contributed by atoms with van der Waals surface area (Å²) >= 11 is 1.86. The van der Waals surface area contributed by atoms with E-state index in [1.165, 1.54) is 53.2 Å². The Hall–Kier alpha value is -4.51. The van der Waals surface area contributed by atoms with Crippen molar-refractivity contribution in [1.82, 2.24) is 9.97 Å². The van der Waals surface area contributed by atoms with Crippen molar-refractivity contribution in [3.63, 3.8) is 0 Å². The summed E-state index contributed by atoms with van der Waals surface area (Å²) in [4.78, 5) is 9.14. The van der Waals surface area contributed by atoms with Gasteiger partial charge in [0, 0.05) is 37.2 Å². The monoisotopic (exact) mass is 873 g/mol. The van der Waals surface area contributed by atoms with Gasteiger partial charge in [0.2, 0.25) is 0 Å². The summed E-state index contributed by atoms with van der Waals surface area (Å²) < 4.78 is 2.59. The molecule has 8 rings (SSSR count). The van der Waals surface area contributed by atoms with Crippen LogP contribution in [0, 0.1) is 12.1 Å². The van der Waals surface area contributed by atoms with Crippen molar-refractivity contribution >= 4 is 44.8 Å². The van der Waals surface area contributed by atoms with E-state index in [0.717, 1.165) is 22.5 Å². The predicted octanol–water partition coefficient (Wildman–Crippen LogP) is 12.5. The molecule has 2 nitrogen and oxygen atoms in total. The number of rotatable bonds is 6. The van der Waals surface area contributed by atoms with Gasteiger partial charge in [-0.15, -0.1) is 59.7 Å². The van der Waals surface area contributed by atoms with E-state index >= 15 is 0 Å². The van der Waals surface area contributed by atoms with Crippen molar-refractivity contribution in [3.05, 3.63) is 164 Å². The summed E-state index contributed by atoms with van der Waals surface area (Å²) in [6.07, 6.45) is 3.92. The normalized spacial score (nSPS) is 11.3.